The molecule has 5 atom stereocenters. The summed E-state index contributed by atoms with van der Waals surface area (Å²) in [4.78, 5) is 18.4. The normalized spacial score (nSPS) is 32.5. The van der Waals surface area contributed by atoms with Crippen molar-refractivity contribution in [2.45, 2.75) is 56.7 Å². The van der Waals surface area contributed by atoms with Gasteiger partial charge in [0.05, 0.1) is 12.7 Å². The quantitative estimate of drug-likeness (QED) is 0.607. The monoisotopic (exact) mass is 494 g/mol. The summed E-state index contributed by atoms with van der Waals surface area (Å²) in [5, 5.41) is 12.1. The summed E-state index contributed by atoms with van der Waals surface area (Å²) in [6.45, 7) is 2.68. The Morgan fingerprint density at radius 3 is 2.59 bits per heavy atom. The van der Waals surface area contributed by atoms with Crippen LogP contribution in [0.5, 0.6) is 0 Å². The highest BCUT2D eigenvalue weighted by Crippen LogP contribution is 2.64. The van der Waals surface area contributed by atoms with Gasteiger partial charge in [0.25, 0.3) is 0 Å². The maximum atomic E-state index is 12.2. The van der Waals surface area contributed by atoms with Crippen molar-refractivity contribution in [2.75, 3.05) is 25.6 Å². The molecular formula is C32H34N2O3. The van der Waals surface area contributed by atoms with Gasteiger partial charge in [0.1, 0.15) is 5.60 Å². The molecule has 0 saturated heterocycles. The van der Waals surface area contributed by atoms with Crippen LogP contribution in [0.4, 0.5) is 5.69 Å². The molecule has 0 spiro atoms. The summed E-state index contributed by atoms with van der Waals surface area (Å²) in [5.74, 6) is 7.01. The minimum absolute atomic E-state index is 0.0747. The number of nitrogens with zero attached hydrogens (tertiary/aromatic N) is 2. The molecule has 0 amide bonds. The van der Waals surface area contributed by atoms with E-state index in [1.54, 1.807) is 18.5 Å². The predicted molar refractivity (Wildman–Crippen MR) is 144 cm³/mol. The molecule has 0 radical (unpaired) electrons. The fourth-order valence-electron chi connectivity index (χ4n) is 7.14. The molecule has 190 valence electrons. The van der Waals surface area contributed by atoms with E-state index in [0.29, 0.717) is 19.4 Å². The first kappa shape index (κ1) is 24.2. The van der Waals surface area contributed by atoms with Crippen molar-refractivity contribution in [1.82, 2.24) is 4.98 Å². The Kier molecular flexibility index (Phi) is 5.86. The Labute approximate surface area is 219 Å². The highest BCUT2D eigenvalue weighted by Gasteiger charge is 2.63. The van der Waals surface area contributed by atoms with Crippen LogP contribution in [0.15, 0.2) is 71.6 Å². The number of ketones is 1. The molecule has 4 aliphatic rings. The van der Waals surface area contributed by atoms with Gasteiger partial charge < -0.3 is 14.7 Å². The molecule has 37 heavy (non-hydrogen) atoms. The number of hydrogen-bond acceptors (Lipinski definition) is 5. The van der Waals surface area contributed by atoms with Gasteiger partial charge in [-0.05, 0) is 84.2 Å². The van der Waals surface area contributed by atoms with E-state index >= 15 is 0 Å². The summed E-state index contributed by atoms with van der Waals surface area (Å²) in [6.07, 6.45) is 8.81. The highest BCUT2D eigenvalue weighted by molar-refractivity contribution is 5.93. The van der Waals surface area contributed by atoms with Crippen LogP contribution in [0.1, 0.15) is 56.1 Å². The molecule has 1 aromatic heterocycles. The van der Waals surface area contributed by atoms with E-state index in [0.717, 1.165) is 36.1 Å². The summed E-state index contributed by atoms with van der Waals surface area (Å²) < 4.78 is 6.59. The molecule has 3 aliphatic carbocycles. The lowest BCUT2D eigenvalue weighted by atomic mass is 9.55. The number of aliphatic hydroxyl groups is 1. The minimum atomic E-state index is -1.11. The molecule has 1 N–H and O–H groups in total. The summed E-state index contributed by atoms with van der Waals surface area (Å²) in [7, 11) is 4.10. The Morgan fingerprint density at radius 1 is 1.11 bits per heavy atom. The average Bonchev–Trinajstić information content (AvgIpc) is 3.17. The zero-order chi connectivity index (χ0) is 25.8. The Balaban J connectivity index is 1.46. The maximum absolute atomic E-state index is 12.2. The molecule has 2 saturated carbocycles. The second-order valence-corrected chi connectivity index (χ2v) is 11.5. The number of fused-ring (bicyclic) bond motifs is 4. The molecule has 5 nitrogen and oxygen atoms in total. The van der Waals surface area contributed by atoms with Crippen LogP contribution in [0.25, 0.3) is 0 Å². The second-order valence-electron chi connectivity index (χ2n) is 11.5. The zero-order valence-corrected chi connectivity index (χ0v) is 21.8. The van der Waals surface area contributed by atoms with E-state index < -0.39 is 11.0 Å². The SMILES string of the molecule is CN(C)c1ccc(C2C[C@@]3(C)[C@@H](CC[C@@]3(O)C#Cc3ccncc3)[C@@H]3OCC4=CC(=O)CCC4=C23)cc1. The molecule has 2 heterocycles. The molecule has 1 unspecified atom stereocenters. The molecular weight excluding hydrogens is 460 g/mol. The van der Waals surface area contributed by atoms with Crippen LogP contribution in [0, 0.1) is 23.2 Å². The van der Waals surface area contributed by atoms with Crippen molar-refractivity contribution in [3.63, 3.8) is 0 Å². The van der Waals surface area contributed by atoms with Crippen LogP contribution in [0.2, 0.25) is 0 Å². The fraction of sp³-hybridized carbons (Fsp3) is 0.438. The molecule has 2 aromatic rings. The molecule has 0 bridgehead atoms. The van der Waals surface area contributed by atoms with Gasteiger partial charge in [0.15, 0.2) is 5.78 Å². The third-order valence-corrected chi connectivity index (χ3v) is 9.27. The molecule has 6 rings (SSSR count). The number of allylic oxidation sites excluding steroid dienone is 1. The third kappa shape index (κ3) is 3.95. The van der Waals surface area contributed by atoms with Gasteiger partial charge >= 0.3 is 0 Å². The van der Waals surface area contributed by atoms with Crippen molar-refractivity contribution in [3.05, 3.63) is 82.7 Å². The van der Waals surface area contributed by atoms with Crippen molar-refractivity contribution in [1.29, 1.82) is 0 Å². The zero-order valence-electron chi connectivity index (χ0n) is 21.8. The van der Waals surface area contributed by atoms with Crippen LogP contribution < -0.4 is 4.90 Å². The van der Waals surface area contributed by atoms with Gasteiger partial charge in [0.2, 0.25) is 0 Å². The number of carbonyl (C=O) groups is 1. The van der Waals surface area contributed by atoms with Crippen molar-refractivity contribution in [2.24, 2.45) is 11.3 Å². The average molecular weight is 495 g/mol. The standard InChI is InChI=1S/C32H34N2O3/c1-31-19-27(22-4-6-24(7-5-22)34(2)3)29-26-9-8-25(35)18-23(26)20-37-30(29)28(31)11-15-32(31,36)14-10-21-12-16-33-17-13-21/h4-7,12-13,16-18,27-28,30,36H,8-9,11,15,19-20H2,1-3H3/t27?,28-,30-,31-,32-/m0/s1. The Bertz CT molecular complexity index is 1350. The first-order valence-electron chi connectivity index (χ1n) is 13.3. The van der Waals surface area contributed by atoms with Crippen molar-refractivity contribution in [3.8, 4) is 11.8 Å². The Morgan fingerprint density at radius 2 is 1.86 bits per heavy atom. The number of pyridine rings is 1. The number of hydrogen-bond donors (Lipinski definition) is 1. The number of anilines is 1. The topological polar surface area (TPSA) is 62.7 Å². The third-order valence-electron chi connectivity index (χ3n) is 9.27. The minimum Gasteiger partial charge on any atom is -0.378 e. The fourth-order valence-corrected chi connectivity index (χ4v) is 7.14. The van der Waals surface area contributed by atoms with E-state index in [2.05, 4.69) is 52.9 Å². The van der Waals surface area contributed by atoms with Gasteiger partial charge in [-0.15, -0.1) is 0 Å². The number of carbonyl (C=O) groups excluding carboxylic acids is 1. The van der Waals surface area contributed by atoms with Crippen LogP contribution in [-0.2, 0) is 9.53 Å². The highest BCUT2D eigenvalue weighted by atomic mass is 16.5. The van der Waals surface area contributed by atoms with Gasteiger partial charge in [0, 0.05) is 55.5 Å². The van der Waals surface area contributed by atoms with Crippen LogP contribution in [-0.4, -0.2) is 48.3 Å². The van der Waals surface area contributed by atoms with E-state index in [4.69, 9.17) is 4.74 Å². The number of aromatic nitrogens is 1. The largest absolute Gasteiger partial charge is 0.378 e. The predicted octanol–water partition coefficient (Wildman–Crippen LogP) is 4.82. The van der Waals surface area contributed by atoms with Crippen LogP contribution in [0.3, 0.4) is 0 Å². The second kappa shape index (κ2) is 8.97. The lowest BCUT2D eigenvalue weighted by Gasteiger charge is -2.53. The molecule has 2 fully saturated rings. The summed E-state index contributed by atoms with van der Waals surface area (Å²) in [5.41, 5.74) is 5.40. The molecule has 1 aromatic carbocycles. The van der Waals surface area contributed by atoms with E-state index in [1.165, 1.54) is 16.7 Å². The van der Waals surface area contributed by atoms with E-state index in [9.17, 15) is 9.90 Å². The van der Waals surface area contributed by atoms with Crippen molar-refractivity contribution < 1.29 is 14.6 Å². The summed E-state index contributed by atoms with van der Waals surface area (Å²) >= 11 is 0. The smallest absolute Gasteiger partial charge is 0.156 e. The van der Waals surface area contributed by atoms with Gasteiger partial charge in [-0.2, -0.15) is 0 Å². The molecule has 1 aliphatic heterocycles. The lowest BCUT2D eigenvalue weighted by Crippen LogP contribution is -2.53. The van der Waals surface area contributed by atoms with E-state index in [1.807, 2.05) is 26.2 Å². The first-order valence-corrected chi connectivity index (χ1v) is 13.3. The Hall–Kier alpha value is -3.20. The van der Waals surface area contributed by atoms with E-state index in [-0.39, 0.29) is 23.7 Å². The first-order chi connectivity index (χ1) is 17.8. The van der Waals surface area contributed by atoms with Gasteiger partial charge in [-0.3, -0.25) is 9.78 Å². The number of ether oxygens (including phenoxy) is 1. The van der Waals surface area contributed by atoms with Gasteiger partial charge in [-0.1, -0.05) is 30.9 Å². The number of benzene rings is 1. The lowest BCUT2D eigenvalue weighted by molar-refractivity contribution is -0.115. The summed E-state index contributed by atoms with van der Waals surface area (Å²) in [6, 6.07) is 12.5. The van der Waals surface area contributed by atoms with Crippen LogP contribution >= 0.6 is 0 Å². The number of rotatable bonds is 2. The molecule has 5 heteroatoms. The van der Waals surface area contributed by atoms with Crippen molar-refractivity contribution >= 4 is 11.5 Å². The van der Waals surface area contributed by atoms with Gasteiger partial charge in [-0.25, -0.2) is 0 Å². The maximum Gasteiger partial charge on any atom is 0.156 e.